The monoisotopic (exact) mass is 511 g/mol. The summed E-state index contributed by atoms with van der Waals surface area (Å²) in [5.74, 6) is -2.33. The van der Waals surface area contributed by atoms with Crippen LogP contribution in [0.1, 0.15) is 35.5 Å². The van der Waals surface area contributed by atoms with Gasteiger partial charge in [0.05, 0.1) is 12.7 Å². The van der Waals surface area contributed by atoms with Crippen LogP contribution in [0.5, 0.6) is 11.5 Å². The number of hydrogen-bond acceptors (Lipinski definition) is 8. The fourth-order valence-corrected chi connectivity index (χ4v) is 3.06. The molecule has 0 fully saturated rings. The van der Waals surface area contributed by atoms with Crippen LogP contribution in [-0.2, 0) is 22.7 Å². The Bertz CT molecular complexity index is 1140. The maximum absolute atomic E-state index is 14.6. The number of halogens is 3. The molecule has 35 heavy (non-hydrogen) atoms. The molecule has 0 spiro atoms. The zero-order valence-electron chi connectivity index (χ0n) is 18.8. The van der Waals surface area contributed by atoms with Gasteiger partial charge >= 0.3 is 0 Å². The van der Waals surface area contributed by atoms with Crippen molar-refractivity contribution in [3.8, 4) is 11.5 Å². The first kappa shape index (κ1) is 27.5. The molecule has 1 heterocycles. The highest BCUT2D eigenvalue weighted by Crippen LogP contribution is 2.29. The normalized spacial score (nSPS) is 11.3. The highest BCUT2D eigenvalue weighted by Gasteiger charge is 2.28. The molecule has 13 heteroatoms. The van der Waals surface area contributed by atoms with Crippen LogP contribution in [0, 0.1) is 17.0 Å². The largest absolute Gasteiger partial charge is 0.497 e. The van der Waals surface area contributed by atoms with Crippen molar-refractivity contribution in [1.82, 2.24) is 15.5 Å². The fraction of sp³-hybridized carbons (Fsp3) is 0.273. The molecule has 3 rings (SSSR count). The summed E-state index contributed by atoms with van der Waals surface area (Å²) >= 11 is 0. The van der Waals surface area contributed by atoms with E-state index in [1.54, 1.807) is 19.1 Å². The number of nitrogens with one attached hydrogen (secondary N) is 2. The summed E-state index contributed by atoms with van der Waals surface area (Å²) in [5, 5.41) is 13.9. The summed E-state index contributed by atoms with van der Waals surface area (Å²) in [7, 11) is 1.27. The molecule has 0 saturated carbocycles. The topological polar surface area (TPSA) is 146 Å². The van der Waals surface area contributed by atoms with Crippen LogP contribution < -0.4 is 20.5 Å². The van der Waals surface area contributed by atoms with Crippen molar-refractivity contribution in [2.24, 2.45) is 5.73 Å². The van der Waals surface area contributed by atoms with E-state index in [4.69, 9.17) is 25.4 Å². The number of methoxy groups -OCH3 is 1. The molecule has 1 atom stereocenters. The van der Waals surface area contributed by atoms with Gasteiger partial charge in [-0.3, -0.25) is 10.2 Å². The molecular formula is C22H24ClF2N5O5. The summed E-state index contributed by atoms with van der Waals surface area (Å²) in [6.07, 6.45) is -0.381. The Morgan fingerprint density at radius 1 is 1.26 bits per heavy atom. The van der Waals surface area contributed by atoms with Gasteiger partial charge in [0, 0.05) is 36.4 Å². The molecule has 3 aromatic rings. The summed E-state index contributed by atoms with van der Waals surface area (Å²) in [6.45, 7) is 1.53. The summed E-state index contributed by atoms with van der Waals surface area (Å²) in [5.41, 5.74) is 5.93. The number of benzene rings is 2. The Balaban J connectivity index is 0.00000432. The minimum atomic E-state index is -1.53. The lowest BCUT2D eigenvalue weighted by atomic mass is 10.1. The van der Waals surface area contributed by atoms with Crippen LogP contribution in [0.2, 0.25) is 0 Å². The molecule has 2 aromatic carbocycles. The minimum absolute atomic E-state index is 0. The van der Waals surface area contributed by atoms with E-state index in [1.165, 1.54) is 13.2 Å². The lowest BCUT2D eigenvalue weighted by molar-refractivity contribution is -0.133. The van der Waals surface area contributed by atoms with Crippen molar-refractivity contribution in [1.29, 1.82) is 5.41 Å². The molecule has 0 aliphatic carbocycles. The predicted octanol–water partition coefficient (Wildman–Crippen LogP) is 3.04. The molecule has 188 valence electrons. The maximum Gasteiger partial charge on any atom is 0.254 e. The molecule has 0 radical (unpaired) electrons. The van der Waals surface area contributed by atoms with E-state index in [1.807, 2.05) is 0 Å². The first-order valence-electron chi connectivity index (χ1n) is 10.1. The molecule has 0 saturated heterocycles. The third-order valence-electron chi connectivity index (χ3n) is 4.72. The average Bonchev–Trinajstić information content (AvgIpc) is 3.34. The second-order valence-corrected chi connectivity index (χ2v) is 6.93. The Labute approximate surface area is 205 Å². The van der Waals surface area contributed by atoms with Gasteiger partial charge < -0.3 is 29.8 Å². The Morgan fingerprint density at radius 3 is 2.54 bits per heavy atom. The molecule has 1 amide bonds. The molecule has 0 bridgehead atoms. The quantitative estimate of drug-likeness (QED) is 0.263. The number of amides is 1. The molecule has 10 nitrogen and oxygen atoms in total. The average molecular weight is 512 g/mol. The number of hydrogen-bond donors (Lipinski definition) is 3. The van der Waals surface area contributed by atoms with E-state index >= 15 is 0 Å². The van der Waals surface area contributed by atoms with Gasteiger partial charge in [0.25, 0.3) is 5.91 Å². The van der Waals surface area contributed by atoms with E-state index in [0.717, 1.165) is 18.5 Å². The zero-order chi connectivity index (χ0) is 24.7. The van der Waals surface area contributed by atoms with Gasteiger partial charge in [-0.2, -0.15) is 4.98 Å². The van der Waals surface area contributed by atoms with E-state index < -0.39 is 29.2 Å². The molecule has 0 aliphatic rings. The van der Waals surface area contributed by atoms with E-state index in [9.17, 15) is 13.6 Å². The number of rotatable bonds is 11. The Kier molecular flexibility index (Phi) is 9.91. The fourth-order valence-electron chi connectivity index (χ4n) is 3.06. The first-order chi connectivity index (χ1) is 16.3. The molecule has 4 N–H and O–H groups in total. The maximum atomic E-state index is 14.6. The third-order valence-corrected chi connectivity index (χ3v) is 4.72. The van der Waals surface area contributed by atoms with Crippen molar-refractivity contribution < 1.29 is 32.3 Å². The summed E-state index contributed by atoms with van der Waals surface area (Å²) < 4.78 is 49.7. The highest BCUT2D eigenvalue weighted by molar-refractivity contribution is 5.95. The second kappa shape index (κ2) is 12.6. The number of carbonyl (C=O) groups is 1. The number of nitrogen functional groups attached to an aromatic ring is 1. The lowest BCUT2D eigenvalue weighted by Gasteiger charge is -2.20. The number of carbonyl (C=O) groups excluding carboxylic acids is 1. The van der Waals surface area contributed by atoms with Gasteiger partial charge in [-0.05, 0) is 13.0 Å². The first-order valence-corrected chi connectivity index (χ1v) is 10.1. The van der Waals surface area contributed by atoms with Crippen LogP contribution >= 0.6 is 12.4 Å². The van der Waals surface area contributed by atoms with Gasteiger partial charge in [-0.15, -0.1) is 12.4 Å². The molecule has 0 aliphatic heterocycles. The van der Waals surface area contributed by atoms with Crippen molar-refractivity contribution >= 4 is 24.1 Å². The summed E-state index contributed by atoms with van der Waals surface area (Å²) in [6, 6.07) is 6.65. The number of nitrogens with two attached hydrogens (primary N) is 1. The van der Waals surface area contributed by atoms with Crippen LogP contribution in [0.25, 0.3) is 0 Å². The van der Waals surface area contributed by atoms with Gasteiger partial charge in [0.1, 0.15) is 29.0 Å². The number of aromatic nitrogens is 2. The smallest absolute Gasteiger partial charge is 0.254 e. The summed E-state index contributed by atoms with van der Waals surface area (Å²) in [4.78, 5) is 16.7. The van der Waals surface area contributed by atoms with E-state index in [2.05, 4.69) is 20.0 Å². The van der Waals surface area contributed by atoms with Gasteiger partial charge in [0.15, 0.2) is 12.7 Å². The van der Waals surface area contributed by atoms with Crippen LogP contribution in [0.15, 0.2) is 41.2 Å². The third kappa shape index (κ3) is 6.87. The van der Waals surface area contributed by atoms with Crippen LogP contribution in [0.4, 0.5) is 8.78 Å². The van der Waals surface area contributed by atoms with Crippen LogP contribution in [0.3, 0.4) is 0 Å². The number of amidine groups is 1. The number of ether oxygens (including phenoxy) is 3. The SMILES string of the molecule is CCO[C@H](C(=O)NCc1ccc(C(=N)N)cc1OCc1ncon1)c1c(F)cc(OC)cc1F.Cl. The Hall–Kier alpha value is -3.77. The van der Waals surface area contributed by atoms with Crippen molar-refractivity contribution in [3.63, 3.8) is 0 Å². The molecular weight excluding hydrogens is 488 g/mol. The van der Waals surface area contributed by atoms with E-state index in [0.29, 0.717) is 16.9 Å². The Morgan fingerprint density at radius 2 is 1.97 bits per heavy atom. The van der Waals surface area contributed by atoms with Crippen molar-refractivity contribution in [2.75, 3.05) is 13.7 Å². The molecule has 0 unspecified atom stereocenters. The van der Waals surface area contributed by atoms with Gasteiger partial charge in [-0.25, -0.2) is 8.78 Å². The van der Waals surface area contributed by atoms with Crippen molar-refractivity contribution in [2.45, 2.75) is 26.2 Å². The highest BCUT2D eigenvalue weighted by atomic mass is 35.5. The number of nitrogens with zero attached hydrogens (tertiary/aromatic N) is 2. The van der Waals surface area contributed by atoms with Crippen LogP contribution in [-0.4, -0.2) is 35.6 Å². The second-order valence-electron chi connectivity index (χ2n) is 6.93. The predicted molar refractivity (Wildman–Crippen MR) is 122 cm³/mol. The lowest BCUT2D eigenvalue weighted by Crippen LogP contribution is -2.32. The van der Waals surface area contributed by atoms with Gasteiger partial charge in [0.2, 0.25) is 12.2 Å². The zero-order valence-corrected chi connectivity index (χ0v) is 19.7. The standard InChI is InChI=1S/C22H23F2N5O5.ClH/c1-3-32-20(19-15(23)7-14(31-2)8-16(19)24)22(30)27-9-13-5-4-12(21(25)26)6-17(13)33-10-18-28-11-34-29-18;/h4-8,11,20H,3,9-10H2,1-2H3,(H3,25,26)(H,27,30);1H/t20-;/m0./s1. The molecule has 1 aromatic heterocycles. The van der Waals surface area contributed by atoms with Gasteiger partial charge in [-0.1, -0.05) is 17.3 Å². The van der Waals surface area contributed by atoms with E-state index in [-0.39, 0.29) is 49.6 Å². The minimum Gasteiger partial charge on any atom is -0.497 e. The van der Waals surface area contributed by atoms with Crippen molar-refractivity contribution in [3.05, 3.63) is 70.9 Å².